The Balaban J connectivity index is 3.31. The first-order valence-corrected chi connectivity index (χ1v) is 7.20. The van der Waals surface area contributed by atoms with E-state index < -0.39 is 15.6 Å². The molecule has 0 bridgehead atoms. The van der Waals surface area contributed by atoms with Crippen LogP contribution < -0.4 is 4.72 Å². The minimum Gasteiger partial charge on any atom is -0.207 e. The molecule has 0 amide bonds. The van der Waals surface area contributed by atoms with Crippen LogP contribution in [0.2, 0.25) is 5.02 Å². The summed E-state index contributed by atoms with van der Waals surface area (Å²) in [6.07, 6.45) is 0. The molecule has 0 aromatic heterocycles. The van der Waals surface area contributed by atoms with Gasteiger partial charge in [0.05, 0.1) is 4.90 Å². The molecule has 0 aliphatic carbocycles. The van der Waals surface area contributed by atoms with Crippen LogP contribution in [0.1, 0.15) is 31.9 Å². The second kappa shape index (κ2) is 4.59. The Bertz CT molecular complexity index is 530. The van der Waals surface area contributed by atoms with E-state index in [1.807, 2.05) is 6.92 Å². The van der Waals surface area contributed by atoms with Gasteiger partial charge >= 0.3 is 0 Å². The summed E-state index contributed by atoms with van der Waals surface area (Å²) in [6.45, 7) is 8.97. The van der Waals surface area contributed by atoms with Crippen molar-refractivity contribution in [2.24, 2.45) is 0 Å². The van der Waals surface area contributed by atoms with Gasteiger partial charge in [-0.3, -0.25) is 0 Å². The molecule has 0 spiro atoms. The highest BCUT2D eigenvalue weighted by atomic mass is 35.5. The third-order valence-corrected chi connectivity index (χ3v) is 4.74. The van der Waals surface area contributed by atoms with E-state index in [4.69, 9.17) is 11.6 Å². The second-order valence-corrected chi connectivity index (χ2v) is 7.20. The fourth-order valence-corrected chi connectivity index (χ4v) is 3.44. The molecule has 0 radical (unpaired) electrons. The molecule has 1 rings (SSSR count). The summed E-state index contributed by atoms with van der Waals surface area (Å²) in [5.74, 6) is 0. The molecule has 96 valence electrons. The molecule has 17 heavy (non-hydrogen) atoms. The monoisotopic (exact) mass is 275 g/mol. The predicted molar refractivity (Wildman–Crippen MR) is 71.0 cm³/mol. The highest BCUT2D eigenvalue weighted by Gasteiger charge is 2.24. The Morgan fingerprint density at radius 2 is 1.71 bits per heavy atom. The number of sulfonamides is 1. The average Bonchev–Trinajstić information content (AvgIpc) is 2.09. The Labute approximate surface area is 108 Å². The van der Waals surface area contributed by atoms with E-state index in [0.717, 1.165) is 5.56 Å². The molecule has 0 atom stereocenters. The van der Waals surface area contributed by atoms with E-state index in [0.29, 0.717) is 10.6 Å². The second-order valence-electron chi connectivity index (χ2n) is 5.18. The topological polar surface area (TPSA) is 46.2 Å². The lowest BCUT2D eigenvalue weighted by Gasteiger charge is -2.21. The van der Waals surface area contributed by atoms with Crippen molar-refractivity contribution in [1.82, 2.24) is 4.72 Å². The molecule has 0 aliphatic rings. The Kier molecular flexibility index (Phi) is 3.91. The van der Waals surface area contributed by atoms with Gasteiger partial charge in [-0.1, -0.05) is 17.7 Å². The molecule has 1 aromatic rings. The maximum atomic E-state index is 12.2. The predicted octanol–water partition coefficient (Wildman–Crippen LogP) is 3.03. The van der Waals surface area contributed by atoms with Crippen LogP contribution in [0.4, 0.5) is 0 Å². The highest BCUT2D eigenvalue weighted by molar-refractivity contribution is 7.89. The molecule has 0 heterocycles. The normalized spacial score (nSPS) is 12.8. The first-order valence-electron chi connectivity index (χ1n) is 5.34. The van der Waals surface area contributed by atoms with Crippen LogP contribution in [0.25, 0.3) is 0 Å². The Morgan fingerprint density at radius 1 is 1.18 bits per heavy atom. The van der Waals surface area contributed by atoms with Gasteiger partial charge in [0.2, 0.25) is 10.0 Å². The molecule has 0 saturated carbocycles. The van der Waals surface area contributed by atoms with Crippen LogP contribution in [-0.4, -0.2) is 14.0 Å². The summed E-state index contributed by atoms with van der Waals surface area (Å²) < 4.78 is 26.9. The molecule has 0 aliphatic heterocycles. The van der Waals surface area contributed by atoms with Crippen molar-refractivity contribution >= 4 is 21.6 Å². The van der Waals surface area contributed by atoms with Crippen LogP contribution in [0.15, 0.2) is 17.0 Å². The fourth-order valence-electron chi connectivity index (χ4n) is 1.55. The number of aryl methyl sites for hydroxylation is 1. The van der Waals surface area contributed by atoms with Crippen molar-refractivity contribution in [3.05, 3.63) is 28.3 Å². The van der Waals surface area contributed by atoms with E-state index in [-0.39, 0.29) is 4.90 Å². The molecule has 5 heteroatoms. The summed E-state index contributed by atoms with van der Waals surface area (Å²) >= 11 is 6.07. The molecule has 0 saturated heterocycles. The van der Waals surface area contributed by atoms with Crippen LogP contribution in [0.3, 0.4) is 0 Å². The van der Waals surface area contributed by atoms with Crippen LogP contribution in [-0.2, 0) is 10.0 Å². The first-order chi connectivity index (χ1) is 7.54. The van der Waals surface area contributed by atoms with E-state index in [2.05, 4.69) is 4.72 Å². The van der Waals surface area contributed by atoms with Gasteiger partial charge in [-0.15, -0.1) is 0 Å². The van der Waals surface area contributed by atoms with Crippen molar-refractivity contribution in [3.63, 3.8) is 0 Å². The maximum Gasteiger partial charge on any atom is 0.241 e. The molecule has 3 nitrogen and oxygen atoms in total. The third kappa shape index (κ3) is 3.44. The fraction of sp³-hybridized carbons (Fsp3) is 0.500. The Morgan fingerprint density at radius 3 is 2.18 bits per heavy atom. The van der Waals surface area contributed by atoms with Gasteiger partial charge in [-0.25, -0.2) is 13.1 Å². The van der Waals surface area contributed by atoms with Crippen molar-refractivity contribution in [2.45, 2.75) is 45.1 Å². The van der Waals surface area contributed by atoms with Gasteiger partial charge in [0.1, 0.15) is 0 Å². The largest absolute Gasteiger partial charge is 0.241 e. The maximum absolute atomic E-state index is 12.2. The van der Waals surface area contributed by atoms with Crippen LogP contribution in [0.5, 0.6) is 0 Å². The van der Waals surface area contributed by atoms with Gasteiger partial charge in [0.15, 0.2) is 0 Å². The van der Waals surface area contributed by atoms with E-state index >= 15 is 0 Å². The SMILES string of the molecule is Cc1ccc(S(=O)(=O)NC(C)(C)C)c(C)c1Cl. The summed E-state index contributed by atoms with van der Waals surface area (Å²) in [5.41, 5.74) is 0.949. The van der Waals surface area contributed by atoms with Gasteiger partial charge in [-0.05, 0) is 51.8 Å². The summed E-state index contributed by atoms with van der Waals surface area (Å²) in [7, 11) is -3.52. The Hall–Kier alpha value is -0.580. The molecule has 1 N–H and O–H groups in total. The van der Waals surface area contributed by atoms with Crippen molar-refractivity contribution in [1.29, 1.82) is 0 Å². The van der Waals surface area contributed by atoms with Crippen molar-refractivity contribution in [2.75, 3.05) is 0 Å². The van der Waals surface area contributed by atoms with Crippen LogP contribution in [0, 0.1) is 13.8 Å². The molecule has 0 unspecified atom stereocenters. The first kappa shape index (κ1) is 14.5. The smallest absolute Gasteiger partial charge is 0.207 e. The number of rotatable bonds is 2. The molecular weight excluding hydrogens is 258 g/mol. The van der Waals surface area contributed by atoms with Gasteiger partial charge in [0, 0.05) is 10.6 Å². The van der Waals surface area contributed by atoms with E-state index in [1.54, 1.807) is 39.8 Å². The lowest BCUT2D eigenvalue weighted by Crippen LogP contribution is -2.40. The summed E-state index contributed by atoms with van der Waals surface area (Å²) in [6, 6.07) is 3.30. The number of halogens is 1. The van der Waals surface area contributed by atoms with Crippen LogP contribution >= 0.6 is 11.6 Å². The highest BCUT2D eigenvalue weighted by Crippen LogP contribution is 2.26. The number of hydrogen-bond donors (Lipinski definition) is 1. The number of hydrogen-bond acceptors (Lipinski definition) is 2. The molecule has 0 fully saturated rings. The quantitative estimate of drug-likeness (QED) is 0.902. The average molecular weight is 276 g/mol. The van der Waals surface area contributed by atoms with E-state index in [1.165, 1.54) is 0 Å². The lowest BCUT2D eigenvalue weighted by molar-refractivity contribution is 0.491. The third-order valence-electron chi connectivity index (χ3n) is 2.26. The van der Waals surface area contributed by atoms with Gasteiger partial charge in [-0.2, -0.15) is 0 Å². The lowest BCUT2D eigenvalue weighted by atomic mass is 10.1. The van der Waals surface area contributed by atoms with Crippen molar-refractivity contribution < 1.29 is 8.42 Å². The van der Waals surface area contributed by atoms with Gasteiger partial charge < -0.3 is 0 Å². The molecule has 1 aromatic carbocycles. The number of benzene rings is 1. The summed E-state index contributed by atoms with van der Waals surface area (Å²) in [4.78, 5) is 0.239. The van der Waals surface area contributed by atoms with Crippen molar-refractivity contribution in [3.8, 4) is 0 Å². The zero-order valence-corrected chi connectivity index (χ0v) is 12.3. The molecular formula is C12H18ClNO2S. The zero-order valence-electron chi connectivity index (χ0n) is 10.8. The minimum absolute atomic E-state index is 0.239. The van der Waals surface area contributed by atoms with E-state index in [9.17, 15) is 8.42 Å². The minimum atomic E-state index is -3.52. The number of nitrogens with one attached hydrogen (secondary N) is 1. The zero-order chi connectivity index (χ0) is 13.4. The standard InChI is InChI=1S/C12H18ClNO2S/c1-8-6-7-10(9(2)11(8)13)17(15,16)14-12(3,4)5/h6-7,14H,1-5H3. The summed E-state index contributed by atoms with van der Waals surface area (Å²) in [5, 5.41) is 0.502. The van der Waals surface area contributed by atoms with Gasteiger partial charge in [0.25, 0.3) is 0 Å².